The van der Waals surface area contributed by atoms with Gasteiger partial charge in [0.15, 0.2) is 5.78 Å². The molecule has 0 radical (unpaired) electrons. The second-order valence-corrected chi connectivity index (χ2v) is 9.24. The molecule has 0 saturated heterocycles. The highest BCUT2D eigenvalue weighted by atomic mass is 16.1. The Labute approximate surface area is 151 Å². The van der Waals surface area contributed by atoms with Gasteiger partial charge in [-0.3, -0.25) is 9.59 Å². The summed E-state index contributed by atoms with van der Waals surface area (Å²) in [6, 6.07) is 0. The standard InChI is InChI=1S/C23H30O2/c1-5-20(25)21-14(2)12-19-17-7-6-15-13-16(24)8-10-22(15,3)18(17)9-11-23(19,21)4/h8-10,13-14,17,19,21H,5-7,11-12H2,1-4H3/t14-,17?,19?,21-,22+,23+/m1/s1. The predicted molar refractivity (Wildman–Crippen MR) is 99.9 cm³/mol. The Bertz CT molecular complexity index is 724. The number of Topliss-reactive ketones (excluding diaryl/α,β-unsaturated/α-hetero) is 1. The van der Waals surface area contributed by atoms with E-state index >= 15 is 0 Å². The second-order valence-electron chi connectivity index (χ2n) is 9.24. The van der Waals surface area contributed by atoms with E-state index in [1.807, 2.05) is 13.0 Å². The van der Waals surface area contributed by atoms with Crippen molar-refractivity contribution in [2.45, 2.75) is 59.8 Å². The summed E-state index contributed by atoms with van der Waals surface area (Å²) in [4.78, 5) is 24.5. The lowest BCUT2D eigenvalue weighted by Crippen LogP contribution is -2.44. The number of allylic oxidation sites excluding steroid dienone is 6. The Hall–Kier alpha value is -1.44. The maximum Gasteiger partial charge on any atom is 0.178 e. The molecule has 0 aromatic carbocycles. The van der Waals surface area contributed by atoms with Crippen molar-refractivity contribution in [1.29, 1.82) is 0 Å². The van der Waals surface area contributed by atoms with Gasteiger partial charge in [-0.05, 0) is 67.9 Å². The van der Waals surface area contributed by atoms with E-state index in [0.717, 1.165) is 19.3 Å². The molecule has 6 atom stereocenters. The van der Waals surface area contributed by atoms with Crippen LogP contribution in [0.15, 0.2) is 35.5 Å². The minimum absolute atomic E-state index is 0.0752. The van der Waals surface area contributed by atoms with Crippen LogP contribution in [0.5, 0.6) is 0 Å². The zero-order valence-corrected chi connectivity index (χ0v) is 16.0. The molecule has 4 aliphatic rings. The van der Waals surface area contributed by atoms with Crippen molar-refractivity contribution in [3.63, 3.8) is 0 Å². The number of fused-ring (bicyclic) bond motifs is 5. The van der Waals surface area contributed by atoms with Crippen molar-refractivity contribution in [3.8, 4) is 0 Å². The van der Waals surface area contributed by atoms with E-state index < -0.39 is 0 Å². The van der Waals surface area contributed by atoms with Gasteiger partial charge >= 0.3 is 0 Å². The summed E-state index contributed by atoms with van der Waals surface area (Å²) in [7, 11) is 0. The van der Waals surface area contributed by atoms with E-state index in [1.54, 1.807) is 6.08 Å². The van der Waals surface area contributed by atoms with Crippen LogP contribution in [0.4, 0.5) is 0 Å². The number of hydrogen-bond acceptors (Lipinski definition) is 2. The zero-order chi connectivity index (χ0) is 18.0. The zero-order valence-electron chi connectivity index (χ0n) is 16.0. The lowest BCUT2D eigenvalue weighted by molar-refractivity contribution is -0.127. The van der Waals surface area contributed by atoms with Crippen molar-refractivity contribution in [1.82, 2.24) is 0 Å². The molecule has 0 N–H and O–H groups in total. The van der Waals surface area contributed by atoms with Crippen LogP contribution in [0.3, 0.4) is 0 Å². The average molecular weight is 338 g/mol. The van der Waals surface area contributed by atoms with Gasteiger partial charge in [0.1, 0.15) is 5.78 Å². The number of carbonyl (C=O) groups is 2. The maximum atomic E-state index is 12.7. The largest absolute Gasteiger partial charge is 0.299 e. The van der Waals surface area contributed by atoms with Gasteiger partial charge in [-0.25, -0.2) is 0 Å². The molecule has 2 saturated carbocycles. The van der Waals surface area contributed by atoms with Gasteiger partial charge in [-0.15, -0.1) is 0 Å². The van der Waals surface area contributed by atoms with Crippen molar-refractivity contribution in [2.24, 2.45) is 34.5 Å². The summed E-state index contributed by atoms with van der Waals surface area (Å²) in [6.07, 6.45) is 13.2. The first-order chi connectivity index (χ1) is 11.8. The number of rotatable bonds is 2. The summed E-state index contributed by atoms with van der Waals surface area (Å²) in [5.74, 6) is 2.47. The van der Waals surface area contributed by atoms with Crippen LogP contribution in [0.1, 0.15) is 59.8 Å². The highest BCUT2D eigenvalue weighted by Crippen LogP contribution is 2.65. The van der Waals surface area contributed by atoms with E-state index in [9.17, 15) is 9.59 Å². The summed E-state index contributed by atoms with van der Waals surface area (Å²) in [5, 5.41) is 0. The molecule has 25 heavy (non-hydrogen) atoms. The van der Waals surface area contributed by atoms with Gasteiger partial charge in [-0.2, -0.15) is 0 Å². The maximum absolute atomic E-state index is 12.7. The third kappa shape index (κ3) is 2.22. The molecular weight excluding hydrogens is 308 g/mol. The molecule has 2 unspecified atom stereocenters. The molecule has 0 amide bonds. The fourth-order valence-electron chi connectivity index (χ4n) is 6.80. The third-order valence-corrected chi connectivity index (χ3v) is 7.98. The molecular formula is C23H30O2. The van der Waals surface area contributed by atoms with E-state index in [1.165, 1.54) is 17.6 Å². The summed E-state index contributed by atoms with van der Waals surface area (Å²) in [5.41, 5.74) is 2.85. The van der Waals surface area contributed by atoms with Crippen molar-refractivity contribution >= 4 is 11.6 Å². The van der Waals surface area contributed by atoms with Gasteiger partial charge < -0.3 is 0 Å². The third-order valence-electron chi connectivity index (χ3n) is 7.98. The molecule has 0 aliphatic heterocycles. The van der Waals surface area contributed by atoms with Gasteiger partial charge in [0.2, 0.25) is 0 Å². The average Bonchev–Trinajstić information content (AvgIpc) is 2.85. The van der Waals surface area contributed by atoms with E-state index in [4.69, 9.17) is 0 Å². The van der Waals surface area contributed by atoms with Gasteiger partial charge in [0.05, 0.1) is 0 Å². The topological polar surface area (TPSA) is 34.1 Å². The van der Waals surface area contributed by atoms with E-state index in [-0.39, 0.29) is 22.5 Å². The molecule has 0 heterocycles. The van der Waals surface area contributed by atoms with Crippen LogP contribution in [0.2, 0.25) is 0 Å². The molecule has 4 aliphatic carbocycles. The van der Waals surface area contributed by atoms with Crippen LogP contribution >= 0.6 is 0 Å². The molecule has 0 aromatic heterocycles. The smallest absolute Gasteiger partial charge is 0.178 e. The van der Waals surface area contributed by atoms with Crippen LogP contribution in [0.25, 0.3) is 0 Å². The first-order valence-corrected chi connectivity index (χ1v) is 9.98. The Morgan fingerprint density at radius 2 is 2.08 bits per heavy atom. The van der Waals surface area contributed by atoms with Crippen LogP contribution in [0, 0.1) is 34.5 Å². The fourth-order valence-corrected chi connectivity index (χ4v) is 6.80. The summed E-state index contributed by atoms with van der Waals surface area (Å²) in [6.45, 7) is 8.96. The lowest BCUT2D eigenvalue weighted by Gasteiger charge is -2.52. The minimum atomic E-state index is -0.0752. The number of carbonyl (C=O) groups excluding carboxylic acids is 2. The minimum Gasteiger partial charge on any atom is -0.299 e. The highest BCUT2D eigenvalue weighted by molar-refractivity contribution is 6.01. The Morgan fingerprint density at radius 1 is 1.32 bits per heavy atom. The predicted octanol–water partition coefficient (Wildman–Crippen LogP) is 5.06. The number of ketones is 2. The molecule has 0 aromatic rings. The SMILES string of the molecule is CCC(=O)[C@H]1[C@H](C)CC2C3CCC4=CC(=O)C=C[C@]4(C)C3=CC[C@@]21C. The number of hydrogen-bond donors (Lipinski definition) is 0. The molecule has 2 heteroatoms. The quantitative estimate of drug-likeness (QED) is 0.660. The summed E-state index contributed by atoms with van der Waals surface area (Å²) >= 11 is 0. The second kappa shape index (κ2) is 5.53. The highest BCUT2D eigenvalue weighted by Gasteiger charge is 2.58. The van der Waals surface area contributed by atoms with Crippen molar-refractivity contribution in [2.75, 3.05) is 0 Å². The Balaban J connectivity index is 1.75. The first-order valence-electron chi connectivity index (χ1n) is 9.98. The van der Waals surface area contributed by atoms with Gasteiger partial charge in [0, 0.05) is 17.8 Å². The molecule has 0 bridgehead atoms. The fraction of sp³-hybridized carbons (Fsp3) is 0.652. The molecule has 2 fully saturated rings. The monoisotopic (exact) mass is 338 g/mol. The Kier molecular flexibility index (Phi) is 3.76. The van der Waals surface area contributed by atoms with Crippen molar-refractivity contribution < 1.29 is 9.59 Å². The van der Waals surface area contributed by atoms with Crippen LogP contribution < -0.4 is 0 Å². The first kappa shape index (κ1) is 17.0. The van der Waals surface area contributed by atoms with Crippen molar-refractivity contribution in [3.05, 3.63) is 35.5 Å². The van der Waals surface area contributed by atoms with Gasteiger partial charge in [-0.1, -0.05) is 44.1 Å². The summed E-state index contributed by atoms with van der Waals surface area (Å²) < 4.78 is 0. The molecule has 0 spiro atoms. The van der Waals surface area contributed by atoms with Crippen LogP contribution in [-0.4, -0.2) is 11.6 Å². The normalized spacial score (nSPS) is 45.2. The molecule has 134 valence electrons. The molecule has 2 nitrogen and oxygen atoms in total. The van der Waals surface area contributed by atoms with Gasteiger partial charge in [0.25, 0.3) is 0 Å². The van der Waals surface area contributed by atoms with E-state index in [0.29, 0.717) is 30.0 Å². The lowest BCUT2D eigenvalue weighted by atomic mass is 9.52. The van der Waals surface area contributed by atoms with Crippen LogP contribution in [-0.2, 0) is 9.59 Å². The molecule has 4 rings (SSSR count). The Morgan fingerprint density at radius 3 is 2.80 bits per heavy atom. The van der Waals surface area contributed by atoms with E-state index in [2.05, 4.69) is 32.9 Å².